The van der Waals surface area contributed by atoms with Crippen molar-refractivity contribution in [3.05, 3.63) is 71.0 Å². The van der Waals surface area contributed by atoms with E-state index in [4.69, 9.17) is 20.8 Å². The van der Waals surface area contributed by atoms with E-state index < -0.39 is 5.54 Å². The molecule has 1 aromatic heterocycles. The first-order chi connectivity index (χ1) is 12.4. The second kappa shape index (κ2) is 7.48. The number of nitrogens with one attached hydrogen (secondary N) is 1. The van der Waals surface area contributed by atoms with Gasteiger partial charge in [-0.25, -0.2) is 9.37 Å². The fourth-order valence-corrected chi connectivity index (χ4v) is 3.07. The van der Waals surface area contributed by atoms with E-state index in [1.807, 2.05) is 38.1 Å². The first-order valence-electron chi connectivity index (χ1n) is 8.19. The molecule has 0 spiro atoms. The van der Waals surface area contributed by atoms with Gasteiger partial charge in [0.1, 0.15) is 11.6 Å². The van der Waals surface area contributed by atoms with Crippen molar-refractivity contribution in [2.75, 3.05) is 7.11 Å². The summed E-state index contributed by atoms with van der Waals surface area (Å²) in [5.41, 5.74) is 1.26. The molecule has 2 aromatic carbocycles. The van der Waals surface area contributed by atoms with E-state index in [0.717, 1.165) is 16.9 Å². The smallest absolute Gasteiger partial charge is 0.208 e. The summed E-state index contributed by atoms with van der Waals surface area (Å²) < 4.78 is 24.2. The predicted octanol–water partition coefficient (Wildman–Crippen LogP) is 5.17. The number of ether oxygens (including phenoxy) is 1. The Morgan fingerprint density at radius 3 is 2.58 bits per heavy atom. The van der Waals surface area contributed by atoms with Gasteiger partial charge in [0.05, 0.1) is 19.9 Å². The highest BCUT2D eigenvalue weighted by molar-refractivity contribution is 6.31. The van der Waals surface area contributed by atoms with Crippen LogP contribution in [0.2, 0.25) is 5.02 Å². The standard InChI is InChI=1S/C20H20ClFN2O2/c1-20(2,16-9-6-14(22)10-17(16)21)24-12-19-23-11-18(26-19)13-4-7-15(25-3)8-5-13/h4-11,24H,12H2,1-3H3. The molecule has 0 saturated carbocycles. The van der Waals surface area contributed by atoms with Crippen LogP contribution in [0.3, 0.4) is 0 Å². The van der Waals surface area contributed by atoms with E-state index in [9.17, 15) is 4.39 Å². The zero-order valence-corrected chi connectivity index (χ0v) is 15.6. The SMILES string of the molecule is COc1ccc(-c2cnc(CNC(C)(C)c3ccc(F)cc3Cl)o2)cc1. The molecule has 0 aliphatic heterocycles. The quantitative estimate of drug-likeness (QED) is 0.646. The average Bonchev–Trinajstić information content (AvgIpc) is 3.09. The van der Waals surface area contributed by atoms with Crippen LogP contribution in [0.25, 0.3) is 11.3 Å². The van der Waals surface area contributed by atoms with Crippen LogP contribution >= 0.6 is 11.6 Å². The van der Waals surface area contributed by atoms with Gasteiger partial charge in [0.2, 0.25) is 5.89 Å². The molecule has 1 heterocycles. The van der Waals surface area contributed by atoms with Crippen LogP contribution in [0.5, 0.6) is 5.75 Å². The summed E-state index contributed by atoms with van der Waals surface area (Å²) >= 11 is 6.18. The van der Waals surface area contributed by atoms with Gasteiger partial charge in [0.15, 0.2) is 5.76 Å². The highest BCUT2D eigenvalue weighted by Gasteiger charge is 2.23. The minimum absolute atomic E-state index is 0.355. The molecule has 3 rings (SSSR count). The summed E-state index contributed by atoms with van der Waals surface area (Å²) in [6.45, 7) is 4.36. The van der Waals surface area contributed by atoms with E-state index in [2.05, 4.69) is 10.3 Å². The first-order valence-corrected chi connectivity index (χ1v) is 8.56. The van der Waals surface area contributed by atoms with E-state index in [1.165, 1.54) is 12.1 Å². The molecule has 0 saturated heterocycles. The number of methoxy groups -OCH3 is 1. The monoisotopic (exact) mass is 374 g/mol. The third-order valence-electron chi connectivity index (χ3n) is 4.21. The van der Waals surface area contributed by atoms with Crippen LogP contribution in [0, 0.1) is 5.82 Å². The van der Waals surface area contributed by atoms with Crippen molar-refractivity contribution in [3.63, 3.8) is 0 Å². The van der Waals surface area contributed by atoms with Crippen LogP contribution < -0.4 is 10.1 Å². The van der Waals surface area contributed by atoms with Gasteiger partial charge < -0.3 is 9.15 Å². The van der Waals surface area contributed by atoms with Crippen LogP contribution in [0.1, 0.15) is 25.3 Å². The van der Waals surface area contributed by atoms with Crippen molar-refractivity contribution in [2.45, 2.75) is 25.9 Å². The fourth-order valence-electron chi connectivity index (χ4n) is 2.67. The zero-order valence-electron chi connectivity index (χ0n) is 14.8. The van der Waals surface area contributed by atoms with Crippen LogP contribution in [0.15, 0.2) is 53.1 Å². The number of benzene rings is 2. The Morgan fingerprint density at radius 2 is 1.92 bits per heavy atom. The Hall–Kier alpha value is -2.37. The molecule has 0 radical (unpaired) electrons. The number of oxazole rings is 1. The topological polar surface area (TPSA) is 47.3 Å². The molecule has 0 amide bonds. The molecule has 0 unspecified atom stereocenters. The van der Waals surface area contributed by atoms with Crippen molar-refractivity contribution in [1.29, 1.82) is 0 Å². The molecule has 0 bridgehead atoms. The summed E-state index contributed by atoms with van der Waals surface area (Å²) in [5.74, 6) is 1.67. The summed E-state index contributed by atoms with van der Waals surface area (Å²) in [5, 5.41) is 3.73. The van der Waals surface area contributed by atoms with Crippen LogP contribution in [-0.4, -0.2) is 12.1 Å². The second-order valence-corrected chi connectivity index (χ2v) is 6.86. The third kappa shape index (κ3) is 4.06. The van der Waals surface area contributed by atoms with Crippen molar-refractivity contribution in [1.82, 2.24) is 10.3 Å². The maximum absolute atomic E-state index is 13.3. The largest absolute Gasteiger partial charge is 0.497 e. The Balaban J connectivity index is 1.70. The molecule has 26 heavy (non-hydrogen) atoms. The lowest BCUT2D eigenvalue weighted by atomic mass is 9.94. The van der Waals surface area contributed by atoms with Gasteiger partial charge in [-0.15, -0.1) is 0 Å². The van der Waals surface area contributed by atoms with Gasteiger partial charge in [-0.2, -0.15) is 0 Å². The van der Waals surface area contributed by atoms with Crippen molar-refractivity contribution in [2.24, 2.45) is 0 Å². The number of rotatable bonds is 6. The first kappa shape index (κ1) is 18.4. The lowest BCUT2D eigenvalue weighted by Gasteiger charge is -2.27. The molecular weight excluding hydrogens is 355 g/mol. The Kier molecular flexibility index (Phi) is 5.30. The Labute approximate surface area is 157 Å². The summed E-state index contributed by atoms with van der Waals surface area (Å²) in [4.78, 5) is 4.32. The van der Waals surface area contributed by atoms with E-state index >= 15 is 0 Å². The zero-order chi connectivity index (χ0) is 18.7. The molecule has 0 atom stereocenters. The summed E-state index contributed by atoms with van der Waals surface area (Å²) in [6, 6.07) is 12.0. The molecule has 0 aliphatic rings. The summed E-state index contributed by atoms with van der Waals surface area (Å²) in [7, 11) is 1.63. The molecule has 0 fully saturated rings. The van der Waals surface area contributed by atoms with Gasteiger partial charge in [-0.3, -0.25) is 5.32 Å². The van der Waals surface area contributed by atoms with Crippen molar-refractivity contribution in [3.8, 4) is 17.1 Å². The second-order valence-electron chi connectivity index (χ2n) is 6.45. The number of aromatic nitrogens is 1. The van der Waals surface area contributed by atoms with E-state index in [0.29, 0.717) is 23.2 Å². The molecule has 0 aliphatic carbocycles. The average molecular weight is 375 g/mol. The minimum atomic E-state index is -0.473. The lowest BCUT2D eigenvalue weighted by molar-refractivity contribution is 0.366. The highest BCUT2D eigenvalue weighted by Crippen LogP contribution is 2.29. The molecule has 4 nitrogen and oxygen atoms in total. The normalized spacial score (nSPS) is 11.6. The van der Waals surface area contributed by atoms with E-state index in [-0.39, 0.29) is 5.82 Å². The molecule has 136 valence electrons. The van der Waals surface area contributed by atoms with Gasteiger partial charge in [-0.05, 0) is 55.8 Å². The maximum Gasteiger partial charge on any atom is 0.208 e. The molecule has 1 N–H and O–H groups in total. The van der Waals surface area contributed by atoms with Gasteiger partial charge in [0, 0.05) is 16.1 Å². The minimum Gasteiger partial charge on any atom is -0.497 e. The summed E-state index contributed by atoms with van der Waals surface area (Å²) in [6.07, 6.45) is 1.69. The van der Waals surface area contributed by atoms with Gasteiger partial charge >= 0.3 is 0 Å². The number of hydrogen-bond donors (Lipinski definition) is 1. The number of hydrogen-bond acceptors (Lipinski definition) is 4. The van der Waals surface area contributed by atoms with Crippen molar-refractivity contribution >= 4 is 11.6 Å². The number of halogens is 2. The Bertz CT molecular complexity index is 891. The predicted molar refractivity (Wildman–Crippen MR) is 99.8 cm³/mol. The van der Waals surface area contributed by atoms with Crippen LogP contribution in [-0.2, 0) is 12.1 Å². The van der Waals surface area contributed by atoms with Gasteiger partial charge in [-0.1, -0.05) is 17.7 Å². The number of nitrogens with zero attached hydrogens (tertiary/aromatic N) is 1. The van der Waals surface area contributed by atoms with Crippen molar-refractivity contribution < 1.29 is 13.5 Å². The lowest BCUT2D eigenvalue weighted by Crippen LogP contribution is -2.36. The molecule has 6 heteroatoms. The fraction of sp³-hybridized carbons (Fsp3) is 0.250. The molecular formula is C20H20ClFN2O2. The Morgan fingerprint density at radius 1 is 1.19 bits per heavy atom. The van der Waals surface area contributed by atoms with Gasteiger partial charge in [0.25, 0.3) is 0 Å². The third-order valence-corrected chi connectivity index (χ3v) is 4.53. The maximum atomic E-state index is 13.3. The van der Waals surface area contributed by atoms with Crippen LogP contribution in [0.4, 0.5) is 4.39 Å². The highest BCUT2D eigenvalue weighted by atomic mass is 35.5. The molecule has 3 aromatic rings. The van der Waals surface area contributed by atoms with E-state index in [1.54, 1.807) is 19.4 Å².